The Labute approximate surface area is 150 Å². The largest absolute Gasteiger partial charge is 0.394 e. The number of hydrogen-bond donors (Lipinski definition) is 2. The molecule has 0 bridgehead atoms. The van der Waals surface area contributed by atoms with Crippen molar-refractivity contribution in [3.05, 3.63) is 29.8 Å². The molecule has 7 heteroatoms. The highest BCUT2D eigenvalue weighted by Crippen LogP contribution is 2.65. The topological polar surface area (TPSA) is 78.9 Å². The van der Waals surface area contributed by atoms with Gasteiger partial charge in [0.15, 0.2) is 0 Å². The number of aliphatic hydroxyl groups is 1. The van der Waals surface area contributed by atoms with Crippen molar-refractivity contribution < 1.29 is 18.3 Å². The molecule has 2 N–H and O–H groups in total. The van der Waals surface area contributed by atoms with Crippen molar-refractivity contribution in [1.29, 1.82) is 0 Å². The van der Waals surface area contributed by atoms with E-state index in [1.807, 2.05) is 12.1 Å². The van der Waals surface area contributed by atoms with Crippen molar-refractivity contribution in [2.24, 2.45) is 11.8 Å². The molecule has 1 heterocycles. The second kappa shape index (κ2) is 7.23. The molecule has 25 heavy (non-hydrogen) atoms. The van der Waals surface area contributed by atoms with Crippen LogP contribution in [0, 0.1) is 11.8 Å². The van der Waals surface area contributed by atoms with Crippen LogP contribution in [0.2, 0.25) is 0 Å². The van der Waals surface area contributed by atoms with Crippen molar-refractivity contribution in [3.8, 4) is 0 Å². The van der Waals surface area contributed by atoms with Crippen LogP contribution in [0.25, 0.3) is 0 Å². The third kappa shape index (κ3) is 3.84. The number of rotatable bonds is 9. The molecule has 1 aromatic carbocycles. The van der Waals surface area contributed by atoms with Crippen LogP contribution in [0.4, 0.5) is 5.69 Å². The summed E-state index contributed by atoms with van der Waals surface area (Å²) in [6, 6.07) is 7.87. The molecule has 2 aliphatic rings. The fourth-order valence-corrected chi connectivity index (χ4v) is 5.16. The first-order chi connectivity index (χ1) is 11.9. The molecule has 3 rings (SSSR count). The predicted molar refractivity (Wildman–Crippen MR) is 98.2 cm³/mol. The lowest BCUT2D eigenvalue weighted by atomic mass is 9.87. The molecule has 1 aliphatic heterocycles. The minimum absolute atomic E-state index is 0.0715. The number of aliphatic hydroxyl groups excluding tert-OH is 1. The zero-order valence-corrected chi connectivity index (χ0v) is 15.8. The summed E-state index contributed by atoms with van der Waals surface area (Å²) >= 11 is 0. The first kappa shape index (κ1) is 18.6. The smallest absolute Gasteiger partial charge is 0.229 e. The third-order valence-electron chi connectivity index (χ3n) is 5.69. The minimum atomic E-state index is -3.26. The second-order valence-corrected chi connectivity index (χ2v) is 8.91. The molecule has 6 nitrogen and oxygen atoms in total. The van der Waals surface area contributed by atoms with E-state index in [9.17, 15) is 8.42 Å². The molecule has 1 aromatic rings. The summed E-state index contributed by atoms with van der Waals surface area (Å²) < 4.78 is 30.9. The van der Waals surface area contributed by atoms with Crippen molar-refractivity contribution >= 4 is 15.7 Å². The van der Waals surface area contributed by atoms with Crippen LogP contribution in [0.15, 0.2) is 24.3 Å². The van der Waals surface area contributed by atoms with Gasteiger partial charge in [-0.25, -0.2) is 8.42 Å². The predicted octanol–water partition coefficient (Wildman–Crippen LogP) is 1.28. The Bertz CT molecular complexity index is 695. The van der Waals surface area contributed by atoms with Crippen molar-refractivity contribution in [1.82, 2.24) is 4.90 Å². The molecule has 1 saturated heterocycles. The van der Waals surface area contributed by atoms with Crippen LogP contribution in [-0.4, -0.2) is 64.1 Å². The number of benzene rings is 1. The number of piperidine rings is 1. The lowest BCUT2D eigenvalue weighted by Crippen LogP contribution is -2.32. The van der Waals surface area contributed by atoms with E-state index < -0.39 is 10.0 Å². The maximum Gasteiger partial charge on any atom is 0.229 e. The van der Waals surface area contributed by atoms with Gasteiger partial charge in [-0.1, -0.05) is 19.1 Å². The highest BCUT2D eigenvalue weighted by atomic mass is 32.2. The van der Waals surface area contributed by atoms with Gasteiger partial charge in [0.1, 0.15) is 0 Å². The molecule has 2 unspecified atom stereocenters. The highest BCUT2D eigenvalue weighted by Gasteiger charge is 2.67. The van der Waals surface area contributed by atoms with E-state index >= 15 is 0 Å². The van der Waals surface area contributed by atoms with Gasteiger partial charge in [0.05, 0.1) is 26.1 Å². The summed E-state index contributed by atoms with van der Waals surface area (Å²) in [6.45, 7) is 6.39. The normalized spacial score (nSPS) is 28.8. The number of nitrogens with zero attached hydrogens (tertiary/aromatic N) is 1. The number of likely N-dealkylation sites (tertiary alicyclic amines) is 1. The zero-order valence-electron chi connectivity index (χ0n) is 14.9. The van der Waals surface area contributed by atoms with Crippen LogP contribution in [-0.2, 0) is 20.2 Å². The van der Waals surface area contributed by atoms with Crippen LogP contribution < -0.4 is 4.72 Å². The van der Waals surface area contributed by atoms with E-state index in [-0.39, 0.29) is 12.0 Å². The molecule has 1 saturated carbocycles. The van der Waals surface area contributed by atoms with E-state index in [2.05, 4.69) is 22.6 Å². The van der Waals surface area contributed by atoms with Crippen LogP contribution in [0.3, 0.4) is 0 Å². The Balaban J connectivity index is 1.64. The third-order valence-corrected chi connectivity index (χ3v) is 6.29. The Morgan fingerprint density at radius 3 is 2.64 bits per heavy atom. The number of anilines is 1. The fourth-order valence-electron chi connectivity index (χ4n) is 4.60. The van der Waals surface area contributed by atoms with Gasteiger partial charge >= 0.3 is 0 Å². The van der Waals surface area contributed by atoms with Crippen LogP contribution in [0.1, 0.15) is 18.9 Å². The molecular formula is C18H28N2O4S. The van der Waals surface area contributed by atoms with E-state index in [4.69, 9.17) is 9.84 Å². The summed E-state index contributed by atoms with van der Waals surface area (Å²) in [7, 11) is -3.26. The lowest BCUT2D eigenvalue weighted by Gasteiger charge is -2.26. The number of hydrogen-bond acceptors (Lipinski definition) is 5. The van der Waals surface area contributed by atoms with E-state index in [0.29, 0.717) is 30.7 Å². The van der Waals surface area contributed by atoms with Gasteiger partial charge in [-0.15, -0.1) is 0 Å². The molecule has 0 amide bonds. The molecule has 0 radical (unpaired) electrons. The van der Waals surface area contributed by atoms with Crippen molar-refractivity contribution in [2.45, 2.75) is 18.8 Å². The molecule has 1 aliphatic carbocycles. The van der Waals surface area contributed by atoms with E-state index in [1.54, 1.807) is 6.07 Å². The van der Waals surface area contributed by atoms with Gasteiger partial charge in [-0.2, -0.15) is 0 Å². The summed E-state index contributed by atoms with van der Waals surface area (Å²) in [5.74, 6) is 1.26. The van der Waals surface area contributed by atoms with Crippen LogP contribution >= 0.6 is 0 Å². The van der Waals surface area contributed by atoms with E-state index in [0.717, 1.165) is 26.1 Å². The first-order valence-electron chi connectivity index (χ1n) is 8.90. The van der Waals surface area contributed by atoms with Gasteiger partial charge < -0.3 is 14.7 Å². The lowest BCUT2D eigenvalue weighted by molar-refractivity contribution is 0.0745. The monoisotopic (exact) mass is 368 g/mol. The zero-order chi connectivity index (χ0) is 18.1. The van der Waals surface area contributed by atoms with E-state index in [1.165, 1.54) is 11.8 Å². The maximum absolute atomic E-state index is 11.5. The molecule has 2 fully saturated rings. The standard InChI is InChI=1S/C18H28N2O4S/c1-3-18(14-5-4-6-15(11-14)19-25(2,22)23)16-12-20(13-17(16)18)7-9-24-10-8-21/h4-6,11,16-17,19,21H,3,7-10,12-13H2,1-2H3. The summed E-state index contributed by atoms with van der Waals surface area (Å²) in [5.41, 5.74) is 2.07. The van der Waals surface area contributed by atoms with Crippen molar-refractivity contribution in [2.75, 3.05) is 50.4 Å². The Morgan fingerprint density at radius 2 is 2.04 bits per heavy atom. The molecule has 0 spiro atoms. The van der Waals surface area contributed by atoms with Gasteiger partial charge in [-0.3, -0.25) is 4.72 Å². The maximum atomic E-state index is 11.5. The molecule has 2 atom stereocenters. The minimum Gasteiger partial charge on any atom is -0.394 e. The molecule has 140 valence electrons. The first-order valence-corrected chi connectivity index (χ1v) is 10.8. The number of nitrogens with one attached hydrogen (secondary N) is 1. The quantitative estimate of drug-likeness (QED) is 0.642. The number of fused-ring (bicyclic) bond motifs is 1. The number of ether oxygens (including phenoxy) is 1. The Morgan fingerprint density at radius 1 is 1.32 bits per heavy atom. The summed E-state index contributed by atoms with van der Waals surface area (Å²) in [6.07, 6.45) is 2.25. The Kier molecular flexibility index (Phi) is 5.39. The molecular weight excluding hydrogens is 340 g/mol. The SMILES string of the molecule is CCC1(c2cccc(NS(C)(=O)=O)c2)C2CN(CCOCCO)CC21. The summed E-state index contributed by atoms with van der Waals surface area (Å²) in [5, 5.41) is 8.75. The van der Waals surface area contributed by atoms with Gasteiger partial charge in [0.2, 0.25) is 10.0 Å². The average Bonchev–Trinajstić information content (AvgIpc) is 2.94. The Hall–Kier alpha value is -1.15. The number of sulfonamides is 1. The van der Waals surface area contributed by atoms with Gasteiger partial charge in [-0.05, 0) is 36.0 Å². The fraction of sp³-hybridized carbons (Fsp3) is 0.667. The second-order valence-electron chi connectivity index (χ2n) is 7.16. The highest BCUT2D eigenvalue weighted by molar-refractivity contribution is 7.92. The van der Waals surface area contributed by atoms with Gasteiger partial charge in [0.25, 0.3) is 0 Å². The van der Waals surface area contributed by atoms with Crippen LogP contribution in [0.5, 0.6) is 0 Å². The summed E-state index contributed by atoms with van der Waals surface area (Å²) in [4.78, 5) is 2.43. The molecule has 0 aromatic heterocycles. The van der Waals surface area contributed by atoms with Gasteiger partial charge in [0, 0.05) is 30.7 Å². The van der Waals surface area contributed by atoms with Crippen molar-refractivity contribution in [3.63, 3.8) is 0 Å². The average molecular weight is 368 g/mol.